The van der Waals surface area contributed by atoms with Crippen molar-refractivity contribution in [2.45, 2.75) is 33.1 Å². The number of carbonyl (C=O) groups is 1. The minimum atomic E-state index is -0.279. The molecule has 0 bridgehead atoms. The SMILES string of the molecule is C=C(C(=O)OC)C(C)CCCC. The summed E-state index contributed by atoms with van der Waals surface area (Å²) in [5.41, 5.74) is 0.589. The minimum Gasteiger partial charge on any atom is -0.466 e. The summed E-state index contributed by atoms with van der Waals surface area (Å²) in [7, 11) is 1.39. The van der Waals surface area contributed by atoms with E-state index >= 15 is 0 Å². The van der Waals surface area contributed by atoms with E-state index in [2.05, 4.69) is 18.2 Å². The number of esters is 1. The summed E-state index contributed by atoms with van der Waals surface area (Å²) in [6.45, 7) is 7.85. The number of hydrogen-bond donors (Lipinski definition) is 0. The van der Waals surface area contributed by atoms with Gasteiger partial charge in [0.1, 0.15) is 0 Å². The van der Waals surface area contributed by atoms with Gasteiger partial charge >= 0.3 is 5.97 Å². The van der Waals surface area contributed by atoms with E-state index in [0.29, 0.717) is 5.57 Å². The van der Waals surface area contributed by atoms with Crippen LogP contribution in [-0.4, -0.2) is 13.1 Å². The first-order valence-electron chi connectivity index (χ1n) is 4.40. The molecule has 0 aromatic rings. The quantitative estimate of drug-likeness (QED) is 0.468. The zero-order valence-electron chi connectivity index (χ0n) is 8.22. The van der Waals surface area contributed by atoms with Crippen LogP contribution < -0.4 is 0 Å². The second-order valence-electron chi connectivity index (χ2n) is 3.06. The Morgan fingerprint density at radius 2 is 2.17 bits per heavy atom. The molecule has 0 aromatic carbocycles. The van der Waals surface area contributed by atoms with Gasteiger partial charge in [-0.15, -0.1) is 0 Å². The third kappa shape index (κ3) is 3.56. The summed E-state index contributed by atoms with van der Waals surface area (Å²) in [5.74, 6) is -0.0315. The molecule has 0 saturated heterocycles. The van der Waals surface area contributed by atoms with Crippen molar-refractivity contribution in [3.8, 4) is 0 Å². The summed E-state index contributed by atoms with van der Waals surface area (Å²) in [6.07, 6.45) is 3.31. The molecule has 0 spiro atoms. The van der Waals surface area contributed by atoms with Crippen molar-refractivity contribution in [3.63, 3.8) is 0 Å². The van der Waals surface area contributed by atoms with Gasteiger partial charge in [0, 0.05) is 5.57 Å². The van der Waals surface area contributed by atoms with Crippen LogP contribution in [0.2, 0.25) is 0 Å². The number of methoxy groups -OCH3 is 1. The highest BCUT2D eigenvalue weighted by molar-refractivity contribution is 5.88. The predicted molar refractivity (Wildman–Crippen MR) is 49.8 cm³/mol. The van der Waals surface area contributed by atoms with Gasteiger partial charge in [-0.1, -0.05) is 33.3 Å². The van der Waals surface area contributed by atoms with E-state index in [-0.39, 0.29) is 11.9 Å². The molecule has 0 aliphatic rings. The maximum Gasteiger partial charge on any atom is 0.333 e. The topological polar surface area (TPSA) is 26.3 Å². The van der Waals surface area contributed by atoms with E-state index in [4.69, 9.17) is 0 Å². The van der Waals surface area contributed by atoms with Crippen molar-refractivity contribution in [2.24, 2.45) is 5.92 Å². The Morgan fingerprint density at radius 1 is 1.58 bits per heavy atom. The van der Waals surface area contributed by atoms with Crippen LogP contribution in [0.5, 0.6) is 0 Å². The van der Waals surface area contributed by atoms with E-state index in [9.17, 15) is 4.79 Å². The Labute approximate surface area is 74.6 Å². The van der Waals surface area contributed by atoms with Gasteiger partial charge in [0.15, 0.2) is 0 Å². The molecule has 0 aliphatic carbocycles. The van der Waals surface area contributed by atoms with Crippen molar-refractivity contribution >= 4 is 5.97 Å². The van der Waals surface area contributed by atoms with E-state index in [1.165, 1.54) is 7.11 Å². The van der Waals surface area contributed by atoms with Gasteiger partial charge < -0.3 is 4.74 Å². The van der Waals surface area contributed by atoms with Crippen LogP contribution in [0.25, 0.3) is 0 Å². The second kappa shape index (κ2) is 5.81. The van der Waals surface area contributed by atoms with Gasteiger partial charge in [0.05, 0.1) is 7.11 Å². The lowest BCUT2D eigenvalue weighted by Crippen LogP contribution is -2.11. The number of rotatable bonds is 5. The highest BCUT2D eigenvalue weighted by atomic mass is 16.5. The first kappa shape index (κ1) is 11.2. The molecule has 0 amide bonds. The van der Waals surface area contributed by atoms with Crippen molar-refractivity contribution in [1.82, 2.24) is 0 Å². The molecule has 0 aromatic heterocycles. The average Bonchev–Trinajstić information content (AvgIpc) is 2.11. The fourth-order valence-corrected chi connectivity index (χ4v) is 1.02. The van der Waals surface area contributed by atoms with Crippen molar-refractivity contribution in [3.05, 3.63) is 12.2 Å². The second-order valence-corrected chi connectivity index (χ2v) is 3.06. The van der Waals surface area contributed by atoms with E-state index < -0.39 is 0 Å². The molecular weight excluding hydrogens is 152 g/mol. The number of ether oxygens (including phenoxy) is 1. The lowest BCUT2D eigenvalue weighted by atomic mass is 9.97. The Kier molecular flexibility index (Phi) is 5.43. The number of carbonyl (C=O) groups excluding carboxylic acids is 1. The van der Waals surface area contributed by atoms with Crippen LogP contribution >= 0.6 is 0 Å². The fraction of sp³-hybridized carbons (Fsp3) is 0.700. The molecule has 2 heteroatoms. The molecule has 12 heavy (non-hydrogen) atoms. The lowest BCUT2D eigenvalue weighted by Gasteiger charge is -2.11. The van der Waals surface area contributed by atoms with Gasteiger partial charge in [-0.2, -0.15) is 0 Å². The van der Waals surface area contributed by atoms with Crippen molar-refractivity contribution in [1.29, 1.82) is 0 Å². The Bertz CT molecular complexity index is 161. The first-order chi connectivity index (χ1) is 5.63. The Balaban J connectivity index is 3.84. The summed E-state index contributed by atoms with van der Waals surface area (Å²) in [5, 5.41) is 0. The summed E-state index contributed by atoms with van der Waals surface area (Å²) in [4.78, 5) is 11.0. The monoisotopic (exact) mass is 170 g/mol. The Hall–Kier alpha value is -0.790. The van der Waals surface area contributed by atoms with E-state index in [0.717, 1.165) is 19.3 Å². The predicted octanol–water partition coefficient (Wildman–Crippen LogP) is 2.54. The molecule has 1 atom stereocenters. The maximum atomic E-state index is 11.0. The van der Waals surface area contributed by atoms with Crippen LogP contribution in [0.3, 0.4) is 0 Å². The van der Waals surface area contributed by atoms with Gasteiger partial charge in [0.25, 0.3) is 0 Å². The molecule has 0 fully saturated rings. The molecule has 0 aliphatic heterocycles. The summed E-state index contributed by atoms with van der Waals surface area (Å²) in [6, 6.07) is 0. The molecule has 0 N–H and O–H groups in total. The van der Waals surface area contributed by atoms with E-state index in [1.807, 2.05) is 6.92 Å². The fourth-order valence-electron chi connectivity index (χ4n) is 1.02. The third-order valence-electron chi connectivity index (χ3n) is 2.03. The van der Waals surface area contributed by atoms with Gasteiger partial charge in [0.2, 0.25) is 0 Å². The largest absolute Gasteiger partial charge is 0.466 e. The smallest absolute Gasteiger partial charge is 0.333 e. The number of hydrogen-bond acceptors (Lipinski definition) is 2. The zero-order valence-corrected chi connectivity index (χ0v) is 8.22. The molecule has 0 rings (SSSR count). The summed E-state index contributed by atoms with van der Waals surface area (Å²) < 4.78 is 4.57. The molecule has 0 radical (unpaired) electrons. The standard InChI is InChI=1S/C10H18O2/c1-5-6-7-8(2)9(3)10(11)12-4/h8H,3,5-7H2,1-2,4H3. The molecule has 2 nitrogen and oxygen atoms in total. The van der Waals surface area contributed by atoms with Gasteiger partial charge in [-0.3, -0.25) is 0 Å². The molecule has 0 heterocycles. The normalized spacial score (nSPS) is 12.2. The molecule has 1 unspecified atom stereocenters. The highest BCUT2D eigenvalue weighted by Crippen LogP contribution is 2.16. The van der Waals surface area contributed by atoms with Crippen LogP contribution in [0.15, 0.2) is 12.2 Å². The minimum absolute atomic E-state index is 0.248. The molecule has 0 saturated carbocycles. The molecule has 70 valence electrons. The first-order valence-corrected chi connectivity index (χ1v) is 4.40. The number of unbranched alkanes of at least 4 members (excludes halogenated alkanes) is 1. The van der Waals surface area contributed by atoms with Crippen LogP contribution in [0.4, 0.5) is 0 Å². The summed E-state index contributed by atoms with van der Waals surface area (Å²) >= 11 is 0. The van der Waals surface area contributed by atoms with Crippen LogP contribution in [-0.2, 0) is 9.53 Å². The van der Waals surface area contributed by atoms with Gasteiger partial charge in [-0.25, -0.2) is 4.79 Å². The van der Waals surface area contributed by atoms with Crippen molar-refractivity contribution < 1.29 is 9.53 Å². The van der Waals surface area contributed by atoms with Gasteiger partial charge in [-0.05, 0) is 12.3 Å². The highest BCUT2D eigenvalue weighted by Gasteiger charge is 2.13. The maximum absolute atomic E-state index is 11.0. The average molecular weight is 170 g/mol. The van der Waals surface area contributed by atoms with Crippen molar-refractivity contribution in [2.75, 3.05) is 7.11 Å². The third-order valence-corrected chi connectivity index (χ3v) is 2.03. The van der Waals surface area contributed by atoms with Crippen LogP contribution in [0.1, 0.15) is 33.1 Å². The zero-order chi connectivity index (χ0) is 9.56. The Morgan fingerprint density at radius 3 is 2.58 bits per heavy atom. The van der Waals surface area contributed by atoms with Crippen LogP contribution in [0, 0.1) is 5.92 Å². The van der Waals surface area contributed by atoms with E-state index in [1.54, 1.807) is 0 Å². The molecular formula is C10H18O2. The lowest BCUT2D eigenvalue weighted by molar-refractivity contribution is -0.136.